The highest BCUT2D eigenvalue weighted by Gasteiger charge is 2.33. The van der Waals surface area contributed by atoms with Crippen LogP contribution in [0, 0.1) is 6.92 Å². The van der Waals surface area contributed by atoms with Gasteiger partial charge in [-0.1, -0.05) is 0 Å². The van der Waals surface area contributed by atoms with Crippen LogP contribution in [-0.4, -0.2) is 18.5 Å². The van der Waals surface area contributed by atoms with Crippen LogP contribution in [0.25, 0.3) is 0 Å². The molecule has 0 aliphatic carbocycles. The summed E-state index contributed by atoms with van der Waals surface area (Å²) >= 11 is 0. The molecule has 0 saturated heterocycles. The van der Waals surface area contributed by atoms with Crippen molar-refractivity contribution in [2.24, 2.45) is 0 Å². The van der Waals surface area contributed by atoms with Crippen LogP contribution in [0.5, 0.6) is 11.8 Å². The first kappa shape index (κ1) is 12.5. The van der Waals surface area contributed by atoms with Crippen LogP contribution < -0.4 is 9.47 Å². The summed E-state index contributed by atoms with van der Waals surface area (Å²) in [5.41, 5.74) is 0.167. The Labute approximate surface area is 89.0 Å². The number of methoxy groups -OCH3 is 1. The number of aromatic nitrogens is 1. The first-order valence-electron chi connectivity index (χ1n) is 4.23. The molecule has 0 aromatic carbocycles. The van der Waals surface area contributed by atoms with Crippen LogP contribution in [0.1, 0.15) is 11.1 Å². The lowest BCUT2D eigenvalue weighted by Crippen LogP contribution is -2.19. The highest BCUT2D eigenvalue weighted by atomic mass is 19.4. The monoisotopic (exact) mass is 239 g/mol. The Bertz CT molecular complexity index is 379. The Hall–Kier alpha value is -1.53. The summed E-state index contributed by atoms with van der Waals surface area (Å²) in [5.74, 6) is -0.853. The summed E-state index contributed by atoms with van der Waals surface area (Å²) < 4.78 is 56.6. The van der Waals surface area contributed by atoms with Crippen molar-refractivity contribution in [3.05, 3.63) is 17.2 Å². The molecule has 1 heterocycles. The number of hydrogen-bond acceptors (Lipinski definition) is 3. The fourth-order valence-electron chi connectivity index (χ4n) is 1.12. The Balaban J connectivity index is 3.11. The molecule has 0 radical (unpaired) electrons. The molecule has 7 heteroatoms. The van der Waals surface area contributed by atoms with E-state index >= 15 is 0 Å². The Morgan fingerprint density at radius 2 is 1.94 bits per heavy atom. The van der Waals surface area contributed by atoms with Crippen molar-refractivity contribution in [2.75, 3.05) is 7.11 Å². The molecule has 0 atom stereocenters. The van der Waals surface area contributed by atoms with Gasteiger partial charge < -0.3 is 9.47 Å². The first-order valence-corrected chi connectivity index (χ1v) is 4.23. The maximum atomic E-state index is 12.4. The molecule has 0 bridgehead atoms. The molecule has 90 valence electrons. The molecule has 0 amide bonds. The number of halogens is 4. The predicted molar refractivity (Wildman–Crippen MR) is 47.0 cm³/mol. The minimum atomic E-state index is -4.83. The van der Waals surface area contributed by atoms with Crippen molar-refractivity contribution >= 4 is 0 Å². The zero-order valence-corrected chi connectivity index (χ0v) is 8.56. The first-order chi connectivity index (χ1) is 7.37. The second-order valence-corrected chi connectivity index (χ2v) is 2.96. The maximum Gasteiger partial charge on any atom is 0.574 e. The van der Waals surface area contributed by atoms with Gasteiger partial charge in [-0.25, -0.2) is 4.39 Å². The molecule has 1 aromatic rings. The largest absolute Gasteiger partial charge is 0.574 e. The van der Waals surface area contributed by atoms with Gasteiger partial charge in [0.1, 0.15) is 6.67 Å². The van der Waals surface area contributed by atoms with Gasteiger partial charge in [-0.2, -0.15) is 4.98 Å². The third-order valence-corrected chi connectivity index (χ3v) is 1.76. The minimum Gasteiger partial charge on any atom is -0.481 e. The topological polar surface area (TPSA) is 31.4 Å². The number of pyridine rings is 1. The van der Waals surface area contributed by atoms with Gasteiger partial charge in [-0.3, -0.25) is 0 Å². The molecule has 16 heavy (non-hydrogen) atoms. The van der Waals surface area contributed by atoms with Crippen LogP contribution in [0.15, 0.2) is 6.07 Å². The van der Waals surface area contributed by atoms with E-state index in [0.29, 0.717) is 0 Å². The average Bonchev–Trinajstić information content (AvgIpc) is 2.18. The van der Waals surface area contributed by atoms with Crippen LogP contribution in [0.2, 0.25) is 0 Å². The summed E-state index contributed by atoms with van der Waals surface area (Å²) in [6, 6.07) is 1.20. The van der Waals surface area contributed by atoms with Gasteiger partial charge in [0.05, 0.1) is 7.11 Å². The van der Waals surface area contributed by atoms with E-state index in [1.165, 1.54) is 20.1 Å². The number of nitrogens with zero attached hydrogens (tertiary/aromatic N) is 1. The number of aryl methyl sites for hydroxylation is 1. The Morgan fingerprint density at radius 1 is 1.31 bits per heavy atom. The van der Waals surface area contributed by atoms with Gasteiger partial charge in [-0.05, 0) is 13.0 Å². The van der Waals surface area contributed by atoms with Crippen molar-refractivity contribution in [3.63, 3.8) is 0 Å². The molecule has 3 nitrogen and oxygen atoms in total. The van der Waals surface area contributed by atoms with E-state index in [2.05, 4.69) is 14.5 Å². The predicted octanol–water partition coefficient (Wildman–Crippen LogP) is 2.77. The molecular weight excluding hydrogens is 230 g/mol. The van der Waals surface area contributed by atoms with Crippen LogP contribution >= 0.6 is 0 Å². The highest BCUT2D eigenvalue weighted by molar-refractivity contribution is 5.36. The molecule has 0 aliphatic heterocycles. The number of ether oxygens (including phenoxy) is 2. The SMILES string of the molecule is COc1nc(OC(F)(F)F)c(C)cc1CF. The summed E-state index contributed by atoms with van der Waals surface area (Å²) in [5, 5.41) is 0. The number of hydrogen-bond donors (Lipinski definition) is 0. The molecule has 0 saturated carbocycles. The van der Waals surface area contributed by atoms with Crippen molar-refractivity contribution < 1.29 is 27.0 Å². The summed E-state index contributed by atoms with van der Waals surface area (Å²) in [4.78, 5) is 3.44. The van der Waals surface area contributed by atoms with E-state index in [1.54, 1.807) is 0 Å². The molecule has 0 unspecified atom stereocenters. The molecule has 0 fully saturated rings. The second kappa shape index (κ2) is 4.54. The van der Waals surface area contributed by atoms with E-state index in [9.17, 15) is 17.6 Å². The van der Waals surface area contributed by atoms with Crippen molar-refractivity contribution in [1.82, 2.24) is 4.98 Å². The minimum absolute atomic E-state index is 0.0783. The molecule has 1 aromatic heterocycles. The van der Waals surface area contributed by atoms with Gasteiger partial charge in [0.2, 0.25) is 11.8 Å². The van der Waals surface area contributed by atoms with Crippen LogP contribution in [-0.2, 0) is 6.67 Å². The normalized spacial score (nSPS) is 11.4. The van der Waals surface area contributed by atoms with Gasteiger partial charge in [-0.15, -0.1) is 13.2 Å². The maximum absolute atomic E-state index is 12.4. The third kappa shape index (κ3) is 2.98. The van der Waals surface area contributed by atoms with Crippen LogP contribution in [0.3, 0.4) is 0 Å². The lowest BCUT2D eigenvalue weighted by molar-refractivity contribution is -0.276. The van der Waals surface area contributed by atoms with Crippen molar-refractivity contribution in [3.8, 4) is 11.8 Å². The van der Waals surface area contributed by atoms with Gasteiger partial charge in [0.15, 0.2) is 0 Å². The Kier molecular flexibility index (Phi) is 3.56. The molecule has 1 rings (SSSR count). The average molecular weight is 239 g/mol. The fraction of sp³-hybridized carbons (Fsp3) is 0.444. The summed E-state index contributed by atoms with van der Waals surface area (Å²) in [6.45, 7) is 0.468. The lowest BCUT2D eigenvalue weighted by atomic mass is 10.2. The molecule has 0 spiro atoms. The third-order valence-electron chi connectivity index (χ3n) is 1.76. The van der Waals surface area contributed by atoms with Gasteiger partial charge >= 0.3 is 6.36 Å². The smallest absolute Gasteiger partial charge is 0.481 e. The van der Waals surface area contributed by atoms with E-state index < -0.39 is 18.9 Å². The fourth-order valence-corrected chi connectivity index (χ4v) is 1.12. The quantitative estimate of drug-likeness (QED) is 0.760. The van der Waals surface area contributed by atoms with Gasteiger partial charge in [0.25, 0.3) is 0 Å². The van der Waals surface area contributed by atoms with Gasteiger partial charge in [0, 0.05) is 11.1 Å². The second-order valence-electron chi connectivity index (χ2n) is 2.96. The number of rotatable bonds is 3. The van der Waals surface area contributed by atoms with Crippen molar-refractivity contribution in [1.29, 1.82) is 0 Å². The van der Waals surface area contributed by atoms with E-state index in [0.717, 1.165) is 0 Å². The lowest BCUT2D eigenvalue weighted by Gasteiger charge is -2.12. The zero-order chi connectivity index (χ0) is 12.3. The Morgan fingerprint density at radius 3 is 2.38 bits per heavy atom. The zero-order valence-electron chi connectivity index (χ0n) is 8.56. The van der Waals surface area contributed by atoms with E-state index in [1.807, 2.05) is 0 Å². The number of alkyl halides is 4. The molecular formula is C9H9F4NO2. The highest BCUT2D eigenvalue weighted by Crippen LogP contribution is 2.29. The van der Waals surface area contributed by atoms with E-state index in [4.69, 9.17) is 0 Å². The van der Waals surface area contributed by atoms with Crippen LogP contribution in [0.4, 0.5) is 17.6 Å². The molecule has 0 aliphatic rings. The standard InChI is InChI=1S/C9H9F4NO2/c1-5-3-6(4-10)8(15-2)14-7(5)16-9(11,12)13/h3H,4H2,1-2H3. The van der Waals surface area contributed by atoms with Crippen molar-refractivity contribution in [2.45, 2.75) is 20.0 Å². The summed E-state index contributed by atoms with van der Waals surface area (Å²) in [7, 11) is 1.19. The molecule has 0 N–H and O–H groups in total. The summed E-state index contributed by atoms with van der Waals surface area (Å²) in [6.07, 6.45) is -4.83. The van der Waals surface area contributed by atoms with E-state index in [-0.39, 0.29) is 17.0 Å².